The van der Waals surface area contributed by atoms with Crippen molar-refractivity contribution in [2.45, 2.75) is 45.6 Å². The quantitative estimate of drug-likeness (QED) is 0.306. The lowest BCUT2D eigenvalue weighted by Gasteiger charge is -2.19. The molecule has 0 radical (unpaired) electrons. The Balaban J connectivity index is 1.60. The molecule has 0 bridgehead atoms. The summed E-state index contributed by atoms with van der Waals surface area (Å²) in [6, 6.07) is 15.2. The predicted molar refractivity (Wildman–Crippen MR) is 123 cm³/mol. The van der Waals surface area contributed by atoms with E-state index in [1.807, 2.05) is 13.0 Å². The van der Waals surface area contributed by atoms with Crippen LogP contribution in [-0.2, 0) is 19.1 Å². The van der Waals surface area contributed by atoms with Crippen molar-refractivity contribution >= 4 is 29.3 Å². The summed E-state index contributed by atoms with van der Waals surface area (Å²) < 4.78 is 10.7. The van der Waals surface area contributed by atoms with E-state index in [0.29, 0.717) is 29.8 Å². The molecule has 33 heavy (non-hydrogen) atoms. The number of unbranched alkanes of at least 4 members (excludes halogenated alkanes) is 1. The molecule has 174 valence electrons. The van der Waals surface area contributed by atoms with E-state index in [9.17, 15) is 19.2 Å². The van der Waals surface area contributed by atoms with Crippen molar-refractivity contribution in [1.82, 2.24) is 0 Å². The van der Waals surface area contributed by atoms with Gasteiger partial charge in [0.25, 0.3) is 0 Å². The summed E-state index contributed by atoms with van der Waals surface area (Å²) in [4.78, 5) is 51.5. The van der Waals surface area contributed by atoms with Crippen LogP contribution in [0.3, 0.4) is 0 Å². The second-order valence-corrected chi connectivity index (χ2v) is 8.01. The third kappa shape index (κ3) is 6.06. The molecule has 1 fully saturated rings. The fourth-order valence-electron chi connectivity index (χ4n) is 3.63. The van der Waals surface area contributed by atoms with Crippen LogP contribution in [0.4, 0.5) is 5.69 Å². The van der Waals surface area contributed by atoms with Crippen molar-refractivity contribution in [3.8, 4) is 0 Å². The number of carbonyl (C=O) groups excluding carboxylic acids is 4. The Hall–Kier alpha value is -3.48. The average molecular weight is 452 g/mol. The highest BCUT2D eigenvalue weighted by molar-refractivity contribution is 6.02. The van der Waals surface area contributed by atoms with Gasteiger partial charge in [0, 0.05) is 24.2 Å². The number of hydrogen-bond acceptors (Lipinski definition) is 6. The molecule has 0 unspecified atom stereocenters. The minimum atomic E-state index is -0.887. The summed E-state index contributed by atoms with van der Waals surface area (Å²) in [6.07, 6.45) is 1.21. The molecule has 0 aromatic heterocycles. The maximum atomic E-state index is 12.7. The zero-order chi connectivity index (χ0) is 23.8. The molecule has 0 aliphatic carbocycles. The number of hydrogen-bond donors (Lipinski definition) is 0. The molecule has 0 N–H and O–H groups in total. The highest BCUT2D eigenvalue weighted by atomic mass is 16.5. The molecule has 2 atom stereocenters. The van der Waals surface area contributed by atoms with Gasteiger partial charge in [0.05, 0.1) is 18.1 Å². The van der Waals surface area contributed by atoms with E-state index in [1.165, 1.54) is 4.90 Å². The number of carbonyl (C=O) groups is 4. The minimum absolute atomic E-state index is 0.00953. The van der Waals surface area contributed by atoms with Crippen LogP contribution in [0.25, 0.3) is 0 Å². The lowest BCUT2D eigenvalue weighted by atomic mass is 10.0. The minimum Gasteiger partial charge on any atom is -0.462 e. The van der Waals surface area contributed by atoms with Crippen LogP contribution in [0.1, 0.15) is 60.2 Å². The maximum Gasteiger partial charge on any atom is 0.338 e. The van der Waals surface area contributed by atoms with Crippen molar-refractivity contribution in [1.29, 1.82) is 0 Å². The highest BCUT2D eigenvalue weighted by Crippen LogP contribution is 2.27. The highest BCUT2D eigenvalue weighted by Gasteiger charge is 2.37. The molecule has 2 aromatic rings. The summed E-state index contributed by atoms with van der Waals surface area (Å²) in [5.41, 5.74) is 1.48. The van der Waals surface area contributed by atoms with Crippen molar-refractivity contribution in [3.63, 3.8) is 0 Å². The SMILES string of the molecule is CCCCOC(=O)c1ccc(N2C[C@H](C(=O)O[C@H](CC)C(=O)c3ccccc3)CC2=O)cc1. The first-order valence-corrected chi connectivity index (χ1v) is 11.3. The number of rotatable bonds is 10. The lowest BCUT2D eigenvalue weighted by molar-refractivity contribution is -0.151. The summed E-state index contributed by atoms with van der Waals surface area (Å²) >= 11 is 0. The van der Waals surface area contributed by atoms with Crippen molar-refractivity contribution < 1.29 is 28.7 Å². The number of amides is 1. The van der Waals surface area contributed by atoms with Crippen LogP contribution < -0.4 is 4.90 Å². The Morgan fingerprint density at radius 2 is 1.70 bits per heavy atom. The molecular formula is C26H29NO6. The second kappa shape index (κ2) is 11.4. The number of Topliss-reactive ketones (excluding diaryl/α,β-unsaturated/α-hetero) is 1. The molecule has 7 heteroatoms. The van der Waals surface area contributed by atoms with E-state index in [2.05, 4.69) is 0 Å². The molecule has 0 spiro atoms. The van der Waals surface area contributed by atoms with Crippen LogP contribution in [-0.4, -0.2) is 42.9 Å². The summed E-state index contributed by atoms with van der Waals surface area (Å²) in [5.74, 6) is -2.09. The first kappa shape index (κ1) is 24.2. The zero-order valence-corrected chi connectivity index (χ0v) is 19.0. The maximum absolute atomic E-state index is 12.7. The molecule has 1 aliphatic heterocycles. The van der Waals surface area contributed by atoms with E-state index >= 15 is 0 Å². The van der Waals surface area contributed by atoms with Gasteiger partial charge in [0.1, 0.15) is 0 Å². The van der Waals surface area contributed by atoms with Gasteiger partial charge in [-0.1, -0.05) is 50.6 Å². The van der Waals surface area contributed by atoms with E-state index in [4.69, 9.17) is 9.47 Å². The average Bonchev–Trinajstić information content (AvgIpc) is 3.24. The van der Waals surface area contributed by atoms with E-state index in [-0.39, 0.29) is 24.7 Å². The van der Waals surface area contributed by atoms with Gasteiger partial charge in [0.2, 0.25) is 11.7 Å². The number of nitrogens with zero attached hydrogens (tertiary/aromatic N) is 1. The Kier molecular flexibility index (Phi) is 8.35. The van der Waals surface area contributed by atoms with Crippen LogP contribution in [0.15, 0.2) is 54.6 Å². The van der Waals surface area contributed by atoms with Gasteiger partial charge in [-0.25, -0.2) is 4.79 Å². The lowest BCUT2D eigenvalue weighted by Crippen LogP contribution is -2.31. The molecule has 1 heterocycles. The van der Waals surface area contributed by atoms with E-state index in [0.717, 1.165) is 12.8 Å². The smallest absolute Gasteiger partial charge is 0.338 e. The van der Waals surface area contributed by atoms with Gasteiger partial charge in [-0.05, 0) is 37.1 Å². The molecule has 2 aromatic carbocycles. The predicted octanol–water partition coefficient (Wildman–Crippen LogP) is 4.20. The summed E-state index contributed by atoms with van der Waals surface area (Å²) in [6.45, 7) is 4.33. The van der Waals surface area contributed by atoms with Gasteiger partial charge in [-0.2, -0.15) is 0 Å². The molecule has 1 aliphatic rings. The first-order valence-electron chi connectivity index (χ1n) is 11.3. The van der Waals surface area contributed by atoms with Crippen LogP contribution in [0.2, 0.25) is 0 Å². The zero-order valence-electron chi connectivity index (χ0n) is 19.0. The second-order valence-electron chi connectivity index (χ2n) is 8.01. The van der Waals surface area contributed by atoms with Crippen LogP contribution >= 0.6 is 0 Å². The molecule has 7 nitrogen and oxygen atoms in total. The van der Waals surface area contributed by atoms with E-state index < -0.39 is 24.0 Å². The van der Waals surface area contributed by atoms with Gasteiger partial charge < -0.3 is 14.4 Å². The van der Waals surface area contributed by atoms with E-state index in [1.54, 1.807) is 55.5 Å². The monoisotopic (exact) mass is 451 g/mol. The topological polar surface area (TPSA) is 90.0 Å². The van der Waals surface area contributed by atoms with Crippen LogP contribution in [0, 0.1) is 5.92 Å². The number of anilines is 1. The largest absolute Gasteiger partial charge is 0.462 e. The molecular weight excluding hydrogens is 422 g/mol. The standard InChI is InChI=1S/C26H29NO6/c1-3-5-15-32-25(30)19-11-13-21(14-12-19)27-17-20(16-23(27)28)26(31)33-22(4-2)24(29)18-9-7-6-8-10-18/h6-14,20,22H,3-5,15-17H2,1-2H3/t20-,22-/m1/s1. The van der Waals surface area contributed by atoms with Gasteiger partial charge in [-0.3, -0.25) is 14.4 Å². The fraction of sp³-hybridized carbons (Fsp3) is 0.385. The Bertz CT molecular complexity index is 986. The molecule has 3 rings (SSSR count). The Labute approximate surface area is 193 Å². The third-order valence-electron chi connectivity index (χ3n) is 5.58. The first-order chi connectivity index (χ1) is 15.9. The Morgan fingerprint density at radius 3 is 2.33 bits per heavy atom. The summed E-state index contributed by atoms with van der Waals surface area (Å²) in [5, 5.41) is 0. The van der Waals surface area contributed by atoms with Gasteiger partial charge in [-0.15, -0.1) is 0 Å². The summed E-state index contributed by atoms with van der Waals surface area (Å²) in [7, 11) is 0. The number of esters is 2. The number of ether oxygens (including phenoxy) is 2. The van der Waals surface area contributed by atoms with Crippen molar-refractivity contribution in [2.24, 2.45) is 5.92 Å². The van der Waals surface area contributed by atoms with Crippen LogP contribution in [0.5, 0.6) is 0 Å². The number of ketones is 1. The number of benzene rings is 2. The van der Waals surface area contributed by atoms with Gasteiger partial charge in [0.15, 0.2) is 6.10 Å². The molecule has 1 saturated heterocycles. The van der Waals surface area contributed by atoms with Crippen molar-refractivity contribution in [2.75, 3.05) is 18.1 Å². The Morgan fingerprint density at radius 1 is 1.00 bits per heavy atom. The molecule has 1 amide bonds. The van der Waals surface area contributed by atoms with Crippen molar-refractivity contribution in [3.05, 3.63) is 65.7 Å². The molecule has 0 saturated carbocycles. The van der Waals surface area contributed by atoms with Gasteiger partial charge >= 0.3 is 11.9 Å². The normalized spacial score (nSPS) is 16.4. The fourth-order valence-corrected chi connectivity index (χ4v) is 3.63. The third-order valence-corrected chi connectivity index (χ3v) is 5.58.